The van der Waals surface area contributed by atoms with E-state index in [4.69, 9.17) is 0 Å². The second-order valence-corrected chi connectivity index (χ2v) is 6.38. The molecule has 1 aliphatic heterocycles. The summed E-state index contributed by atoms with van der Waals surface area (Å²) in [4.78, 5) is 2.57. The normalized spacial score (nSPS) is 15.7. The molecule has 2 aromatic carbocycles. The van der Waals surface area contributed by atoms with Gasteiger partial charge in [-0.1, -0.05) is 48.4 Å². The van der Waals surface area contributed by atoms with Crippen molar-refractivity contribution in [3.05, 3.63) is 65.2 Å². The Bertz CT molecular complexity index is 600. The van der Waals surface area contributed by atoms with Crippen molar-refractivity contribution in [1.29, 1.82) is 0 Å². The van der Waals surface area contributed by atoms with Crippen LogP contribution in [0.4, 0.5) is 5.69 Å². The fourth-order valence-corrected chi connectivity index (χ4v) is 3.18. The largest absolute Gasteiger partial charge is 0.381 e. The van der Waals surface area contributed by atoms with Crippen LogP contribution in [-0.2, 0) is 13.1 Å². The van der Waals surface area contributed by atoms with E-state index in [-0.39, 0.29) is 0 Å². The van der Waals surface area contributed by atoms with Crippen LogP contribution in [0.3, 0.4) is 0 Å². The maximum Gasteiger partial charge on any atom is 0.0400 e. The molecule has 116 valence electrons. The molecule has 0 radical (unpaired) electrons. The molecule has 2 heteroatoms. The molecule has 0 spiro atoms. The summed E-state index contributed by atoms with van der Waals surface area (Å²) in [6.45, 7) is 6.61. The lowest BCUT2D eigenvalue weighted by Gasteiger charge is -2.26. The highest BCUT2D eigenvalue weighted by Crippen LogP contribution is 2.17. The van der Waals surface area contributed by atoms with Crippen LogP contribution in [0.1, 0.15) is 36.0 Å². The quantitative estimate of drug-likeness (QED) is 0.867. The van der Waals surface area contributed by atoms with E-state index in [1.165, 1.54) is 54.7 Å². The molecule has 0 aromatic heterocycles. The van der Waals surface area contributed by atoms with E-state index < -0.39 is 0 Å². The van der Waals surface area contributed by atoms with Crippen molar-refractivity contribution in [1.82, 2.24) is 4.90 Å². The van der Waals surface area contributed by atoms with Crippen molar-refractivity contribution >= 4 is 5.69 Å². The minimum absolute atomic E-state index is 0.884. The molecule has 2 nitrogen and oxygen atoms in total. The Balaban J connectivity index is 1.58. The zero-order chi connectivity index (χ0) is 15.2. The maximum atomic E-state index is 3.55. The van der Waals surface area contributed by atoms with Gasteiger partial charge in [-0.25, -0.2) is 0 Å². The van der Waals surface area contributed by atoms with Crippen LogP contribution in [0.2, 0.25) is 0 Å². The van der Waals surface area contributed by atoms with Gasteiger partial charge in [0.2, 0.25) is 0 Å². The molecule has 1 saturated heterocycles. The Kier molecular flexibility index (Phi) is 5.12. The number of nitrogens with one attached hydrogen (secondary N) is 1. The minimum Gasteiger partial charge on any atom is -0.381 e. The average Bonchev–Trinajstić information content (AvgIpc) is 2.54. The lowest BCUT2D eigenvalue weighted by molar-refractivity contribution is 0.221. The van der Waals surface area contributed by atoms with E-state index in [1.807, 2.05) is 0 Å². The maximum absolute atomic E-state index is 3.55. The molecule has 0 atom stereocenters. The molecule has 0 saturated carbocycles. The first-order valence-corrected chi connectivity index (χ1v) is 8.40. The number of hydrogen-bond acceptors (Lipinski definition) is 2. The number of benzene rings is 2. The molecular weight excluding hydrogens is 268 g/mol. The number of nitrogens with zero attached hydrogens (tertiary/aromatic N) is 1. The third-order valence-corrected chi connectivity index (χ3v) is 4.36. The van der Waals surface area contributed by atoms with Crippen molar-refractivity contribution in [2.45, 2.75) is 39.3 Å². The fourth-order valence-electron chi connectivity index (χ4n) is 3.18. The van der Waals surface area contributed by atoms with Crippen molar-refractivity contribution < 1.29 is 0 Å². The molecule has 1 fully saturated rings. The van der Waals surface area contributed by atoms with Crippen LogP contribution in [-0.4, -0.2) is 18.0 Å². The Morgan fingerprint density at radius 3 is 2.50 bits per heavy atom. The van der Waals surface area contributed by atoms with Crippen molar-refractivity contribution in [2.75, 3.05) is 18.4 Å². The molecule has 0 unspecified atom stereocenters. The lowest BCUT2D eigenvalue weighted by atomic mass is 10.1. The predicted molar refractivity (Wildman–Crippen MR) is 94.1 cm³/mol. The van der Waals surface area contributed by atoms with Crippen molar-refractivity contribution in [3.8, 4) is 0 Å². The lowest BCUT2D eigenvalue weighted by Crippen LogP contribution is -2.29. The van der Waals surface area contributed by atoms with Crippen LogP contribution < -0.4 is 5.32 Å². The molecule has 0 aliphatic carbocycles. The number of rotatable bonds is 5. The first-order chi connectivity index (χ1) is 10.8. The molecule has 0 amide bonds. The highest BCUT2D eigenvalue weighted by atomic mass is 15.1. The van der Waals surface area contributed by atoms with Crippen LogP contribution >= 0.6 is 0 Å². The van der Waals surface area contributed by atoms with E-state index in [9.17, 15) is 0 Å². The van der Waals surface area contributed by atoms with Gasteiger partial charge in [0, 0.05) is 18.8 Å². The molecule has 1 heterocycles. The number of likely N-dealkylation sites (tertiary alicyclic amines) is 1. The average molecular weight is 294 g/mol. The Morgan fingerprint density at radius 1 is 0.909 bits per heavy atom. The molecule has 1 N–H and O–H groups in total. The van der Waals surface area contributed by atoms with Gasteiger partial charge in [-0.15, -0.1) is 0 Å². The summed E-state index contributed by atoms with van der Waals surface area (Å²) in [5.74, 6) is 0. The van der Waals surface area contributed by atoms with Gasteiger partial charge in [0.1, 0.15) is 0 Å². The summed E-state index contributed by atoms with van der Waals surface area (Å²) in [7, 11) is 0. The SMILES string of the molecule is Cc1cccc(CNc2cccc(CN3CCCCC3)c2)c1. The van der Waals surface area contributed by atoms with E-state index in [2.05, 4.69) is 65.7 Å². The Labute approximate surface area is 134 Å². The predicted octanol–water partition coefficient (Wildman–Crippen LogP) is 4.59. The van der Waals surface area contributed by atoms with Gasteiger partial charge in [0.05, 0.1) is 0 Å². The molecule has 0 bridgehead atoms. The summed E-state index contributed by atoms with van der Waals surface area (Å²) in [5.41, 5.74) is 5.28. The van der Waals surface area contributed by atoms with Gasteiger partial charge in [0.25, 0.3) is 0 Å². The summed E-state index contributed by atoms with van der Waals surface area (Å²) >= 11 is 0. The van der Waals surface area contributed by atoms with Gasteiger partial charge in [-0.3, -0.25) is 4.90 Å². The van der Waals surface area contributed by atoms with Gasteiger partial charge in [0.15, 0.2) is 0 Å². The number of aryl methyl sites for hydroxylation is 1. The van der Waals surface area contributed by atoms with Gasteiger partial charge in [-0.2, -0.15) is 0 Å². The standard InChI is InChI=1S/C20H26N2/c1-17-7-5-8-18(13-17)15-21-20-10-6-9-19(14-20)16-22-11-3-2-4-12-22/h5-10,13-14,21H,2-4,11-12,15-16H2,1H3. The topological polar surface area (TPSA) is 15.3 Å². The highest BCUT2D eigenvalue weighted by molar-refractivity contribution is 5.46. The second kappa shape index (κ2) is 7.46. The molecule has 1 aliphatic rings. The van der Waals surface area contributed by atoms with E-state index in [0.717, 1.165) is 13.1 Å². The summed E-state index contributed by atoms with van der Waals surface area (Å²) < 4.78 is 0. The Morgan fingerprint density at radius 2 is 1.68 bits per heavy atom. The number of anilines is 1. The van der Waals surface area contributed by atoms with Crippen molar-refractivity contribution in [3.63, 3.8) is 0 Å². The molecule has 22 heavy (non-hydrogen) atoms. The zero-order valence-electron chi connectivity index (χ0n) is 13.5. The first-order valence-electron chi connectivity index (χ1n) is 8.40. The smallest absolute Gasteiger partial charge is 0.0400 e. The van der Waals surface area contributed by atoms with E-state index in [0.29, 0.717) is 0 Å². The summed E-state index contributed by atoms with van der Waals surface area (Å²) in [6, 6.07) is 17.5. The van der Waals surface area contributed by atoms with E-state index in [1.54, 1.807) is 0 Å². The minimum atomic E-state index is 0.884. The van der Waals surface area contributed by atoms with Gasteiger partial charge < -0.3 is 5.32 Å². The van der Waals surface area contributed by atoms with Gasteiger partial charge in [-0.05, 0) is 56.1 Å². The zero-order valence-corrected chi connectivity index (χ0v) is 13.5. The highest BCUT2D eigenvalue weighted by Gasteiger charge is 2.10. The summed E-state index contributed by atoms with van der Waals surface area (Å²) in [5, 5.41) is 3.55. The van der Waals surface area contributed by atoms with Crippen LogP contribution in [0.15, 0.2) is 48.5 Å². The molecule has 3 rings (SSSR count). The van der Waals surface area contributed by atoms with Crippen LogP contribution in [0.25, 0.3) is 0 Å². The second-order valence-electron chi connectivity index (χ2n) is 6.38. The monoisotopic (exact) mass is 294 g/mol. The van der Waals surface area contributed by atoms with Crippen LogP contribution in [0.5, 0.6) is 0 Å². The fraction of sp³-hybridized carbons (Fsp3) is 0.400. The molecule has 2 aromatic rings. The van der Waals surface area contributed by atoms with Gasteiger partial charge >= 0.3 is 0 Å². The van der Waals surface area contributed by atoms with E-state index >= 15 is 0 Å². The number of hydrogen-bond donors (Lipinski definition) is 1. The van der Waals surface area contributed by atoms with Crippen LogP contribution in [0, 0.1) is 6.92 Å². The van der Waals surface area contributed by atoms with Crippen molar-refractivity contribution in [2.24, 2.45) is 0 Å². The third kappa shape index (κ3) is 4.35. The summed E-state index contributed by atoms with van der Waals surface area (Å²) in [6.07, 6.45) is 4.10. The first kappa shape index (κ1) is 15.1. The molecular formula is C20H26N2. The third-order valence-electron chi connectivity index (χ3n) is 4.36. The number of piperidine rings is 1. The Hall–Kier alpha value is -1.80.